The molecule has 90 valence electrons. The average molecular weight is 231 g/mol. The van der Waals surface area contributed by atoms with Crippen molar-refractivity contribution >= 4 is 17.2 Å². The molecule has 0 amide bonds. The van der Waals surface area contributed by atoms with E-state index in [1.54, 1.807) is 6.07 Å². The number of hydrogen-bond donors (Lipinski definition) is 1. The molecule has 0 heterocycles. The Bertz CT molecular complexity index is 463. The van der Waals surface area contributed by atoms with E-state index in [0.717, 1.165) is 24.1 Å². The average Bonchev–Trinajstić information content (AvgIpc) is 2.90. The lowest BCUT2D eigenvalue weighted by molar-refractivity contribution is 0.0600. The molecule has 1 aromatic carbocycles. The number of ether oxygens (including phenoxy) is 1. The first-order valence-electron chi connectivity index (χ1n) is 5.86. The molecular formula is C14H17NO2. The van der Waals surface area contributed by atoms with Gasteiger partial charge >= 0.3 is 5.97 Å². The standard InChI is InChI=1S/C14H17NO2/c1-15-13-8-7-11(14(16)17-2)9-12(13)10-5-3-4-6-10/h5,7-9,15H,3-4,6H2,1-2H3. The largest absolute Gasteiger partial charge is 0.465 e. The highest BCUT2D eigenvalue weighted by molar-refractivity contribution is 5.92. The minimum absolute atomic E-state index is 0.285. The molecule has 1 aliphatic carbocycles. The number of esters is 1. The van der Waals surface area contributed by atoms with Gasteiger partial charge in [0.25, 0.3) is 0 Å². The van der Waals surface area contributed by atoms with Gasteiger partial charge < -0.3 is 10.1 Å². The lowest BCUT2D eigenvalue weighted by atomic mass is 10.0. The van der Waals surface area contributed by atoms with Crippen LogP contribution in [0.5, 0.6) is 0 Å². The molecule has 0 spiro atoms. The number of carbonyl (C=O) groups excluding carboxylic acids is 1. The number of benzene rings is 1. The van der Waals surface area contributed by atoms with E-state index in [-0.39, 0.29) is 5.97 Å². The molecule has 3 nitrogen and oxygen atoms in total. The zero-order chi connectivity index (χ0) is 12.3. The van der Waals surface area contributed by atoms with E-state index >= 15 is 0 Å². The van der Waals surface area contributed by atoms with Crippen LogP contribution in [-0.4, -0.2) is 20.1 Å². The van der Waals surface area contributed by atoms with Crippen molar-refractivity contribution < 1.29 is 9.53 Å². The summed E-state index contributed by atoms with van der Waals surface area (Å²) in [5, 5.41) is 3.16. The Hall–Kier alpha value is -1.77. The summed E-state index contributed by atoms with van der Waals surface area (Å²) in [7, 11) is 3.30. The van der Waals surface area contributed by atoms with Crippen molar-refractivity contribution in [1.82, 2.24) is 0 Å². The highest BCUT2D eigenvalue weighted by atomic mass is 16.5. The lowest BCUT2D eigenvalue weighted by Gasteiger charge is -2.11. The van der Waals surface area contributed by atoms with Gasteiger partial charge in [-0.15, -0.1) is 0 Å². The van der Waals surface area contributed by atoms with Crippen molar-refractivity contribution in [1.29, 1.82) is 0 Å². The van der Waals surface area contributed by atoms with Crippen LogP contribution in [0.25, 0.3) is 5.57 Å². The molecule has 1 aromatic rings. The Morgan fingerprint density at radius 1 is 1.41 bits per heavy atom. The van der Waals surface area contributed by atoms with Crippen LogP contribution in [0.15, 0.2) is 24.3 Å². The maximum Gasteiger partial charge on any atom is 0.337 e. The number of rotatable bonds is 3. The summed E-state index contributed by atoms with van der Waals surface area (Å²) in [4.78, 5) is 11.5. The van der Waals surface area contributed by atoms with E-state index < -0.39 is 0 Å². The van der Waals surface area contributed by atoms with Crippen LogP contribution in [0.1, 0.15) is 35.2 Å². The van der Waals surface area contributed by atoms with E-state index in [0.29, 0.717) is 5.56 Å². The molecular weight excluding hydrogens is 214 g/mol. The van der Waals surface area contributed by atoms with Crippen LogP contribution in [0.4, 0.5) is 5.69 Å². The number of carbonyl (C=O) groups is 1. The van der Waals surface area contributed by atoms with Gasteiger partial charge in [-0.05, 0) is 43.0 Å². The van der Waals surface area contributed by atoms with Gasteiger partial charge in [0, 0.05) is 18.3 Å². The first-order valence-corrected chi connectivity index (χ1v) is 5.86. The summed E-state index contributed by atoms with van der Waals surface area (Å²) in [6.07, 6.45) is 5.65. The molecule has 0 aliphatic heterocycles. The minimum atomic E-state index is -0.285. The molecule has 1 N–H and O–H groups in total. The molecule has 17 heavy (non-hydrogen) atoms. The summed E-state index contributed by atoms with van der Waals surface area (Å²) in [5.41, 5.74) is 4.10. The number of methoxy groups -OCH3 is 1. The Morgan fingerprint density at radius 2 is 2.24 bits per heavy atom. The number of allylic oxidation sites excluding steroid dienone is 2. The summed E-state index contributed by atoms with van der Waals surface area (Å²) in [6.45, 7) is 0. The predicted octanol–water partition coefficient (Wildman–Crippen LogP) is 3.08. The molecule has 1 aliphatic rings. The summed E-state index contributed by atoms with van der Waals surface area (Å²) >= 11 is 0. The Labute approximate surface area is 101 Å². The second kappa shape index (κ2) is 5.04. The Kier molecular flexibility index (Phi) is 3.47. The van der Waals surface area contributed by atoms with Crippen molar-refractivity contribution in [3.63, 3.8) is 0 Å². The molecule has 0 unspecified atom stereocenters. The van der Waals surface area contributed by atoms with Gasteiger partial charge in [0.1, 0.15) is 0 Å². The third-order valence-electron chi connectivity index (χ3n) is 3.10. The van der Waals surface area contributed by atoms with Gasteiger partial charge in [-0.1, -0.05) is 6.08 Å². The van der Waals surface area contributed by atoms with Crippen LogP contribution in [0.3, 0.4) is 0 Å². The van der Waals surface area contributed by atoms with Crippen LogP contribution in [-0.2, 0) is 4.74 Å². The molecule has 0 atom stereocenters. The van der Waals surface area contributed by atoms with Crippen molar-refractivity contribution in [3.05, 3.63) is 35.4 Å². The Balaban J connectivity index is 2.42. The predicted molar refractivity (Wildman–Crippen MR) is 69.2 cm³/mol. The molecule has 0 aromatic heterocycles. The molecule has 0 saturated heterocycles. The van der Waals surface area contributed by atoms with Gasteiger partial charge in [0.2, 0.25) is 0 Å². The number of anilines is 1. The van der Waals surface area contributed by atoms with Crippen molar-refractivity contribution in [2.24, 2.45) is 0 Å². The maximum atomic E-state index is 11.5. The third kappa shape index (κ3) is 2.33. The molecule has 0 saturated carbocycles. The second-order valence-electron chi connectivity index (χ2n) is 4.12. The minimum Gasteiger partial charge on any atom is -0.465 e. The van der Waals surface area contributed by atoms with E-state index in [4.69, 9.17) is 4.74 Å². The highest BCUT2D eigenvalue weighted by Crippen LogP contribution is 2.33. The van der Waals surface area contributed by atoms with Gasteiger partial charge in [0.15, 0.2) is 0 Å². The fourth-order valence-corrected chi connectivity index (χ4v) is 2.19. The molecule has 2 rings (SSSR count). The van der Waals surface area contributed by atoms with E-state index in [9.17, 15) is 4.79 Å². The van der Waals surface area contributed by atoms with E-state index in [1.165, 1.54) is 19.1 Å². The first kappa shape index (κ1) is 11.7. The molecule has 0 fully saturated rings. The second-order valence-corrected chi connectivity index (χ2v) is 4.12. The topological polar surface area (TPSA) is 38.3 Å². The number of nitrogens with one attached hydrogen (secondary N) is 1. The fourth-order valence-electron chi connectivity index (χ4n) is 2.19. The summed E-state index contributed by atoms with van der Waals surface area (Å²) in [5.74, 6) is -0.285. The zero-order valence-electron chi connectivity index (χ0n) is 10.2. The molecule has 0 bridgehead atoms. The highest BCUT2D eigenvalue weighted by Gasteiger charge is 2.14. The van der Waals surface area contributed by atoms with Crippen molar-refractivity contribution in [3.8, 4) is 0 Å². The van der Waals surface area contributed by atoms with Gasteiger partial charge in [-0.2, -0.15) is 0 Å². The van der Waals surface area contributed by atoms with Crippen LogP contribution < -0.4 is 5.32 Å². The zero-order valence-corrected chi connectivity index (χ0v) is 10.2. The van der Waals surface area contributed by atoms with Gasteiger partial charge in [-0.25, -0.2) is 4.79 Å². The SMILES string of the molecule is CNc1ccc(C(=O)OC)cc1C1=CCCC1. The Morgan fingerprint density at radius 3 is 2.82 bits per heavy atom. The fraction of sp³-hybridized carbons (Fsp3) is 0.357. The lowest BCUT2D eigenvalue weighted by Crippen LogP contribution is -2.03. The molecule has 3 heteroatoms. The van der Waals surface area contributed by atoms with E-state index in [1.807, 2.05) is 19.2 Å². The third-order valence-corrected chi connectivity index (χ3v) is 3.10. The summed E-state index contributed by atoms with van der Waals surface area (Å²) < 4.78 is 4.75. The quantitative estimate of drug-likeness (QED) is 0.812. The summed E-state index contributed by atoms with van der Waals surface area (Å²) in [6, 6.07) is 5.63. The smallest absolute Gasteiger partial charge is 0.337 e. The molecule has 0 radical (unpaired) electrons. The van der Waals surface area contributed by atoms with E-state index in [2.05, 4.69) is 11.4 Å². The van der Waals surface area contributed by atoms with Gasteiger partial charge in [0.05, 0.1) is 12.7 Å². The normalized spacial score (nSPS) is 14.4. The van der Waals surface area contributed by atoms with Gasteiger partial charge in [-0.3, -0.25) is 0 Å². The van der Waals surface area contributed by atoms with Crippen LogP contribution in [0, 0.1) is 0 Å². The van der Waals surface area contributed by atoms with Crippen molar-refractivity contribution in [2.75, 3.05) is 19.5 Å². The van der Waals surface area contributed by atoms with Crippen molar-refractivity contribution in [2.45, 2.75) is 19.3 Å². The maximum absolute atomic E-state index is 11.5. The first-order chi connectivity index (χ1) is 8.26. The monoisotopic (exact) mass is 231 g/mol. The van der Waals surface area contributed by atoms with Crippen LogP contribution >= 0.6 is 0 Å². The van der Waals surface area contributed by atoms with Crippen LogP contribution in [0.2, 0.25) is 0 Å². The number of hydrogen-bond acceptors (Lipinski definition) is 3.